The van der Waals surface area contributed by atoms with Crippen molar-refractivity contribution in [2.24, 2.45) is 0 Å². The third-order valence-electron chi connectivity index (χ3n) is 4.71. The Morgan fingerprint density at radius 1 is 1.33 bits per heavy atom. The van der Waals surface area contributed by atoms with E-state index in [2.05, 4.69) is 25.8 Å². The van der Waals surface area contributed by atoms with Crippen molar-refractivity contribution in [3.05, 3.63) is 41.6 Å². The number of carbonyl (C=O) groups is 2. The molecule has 1 aliphatic rings. The number of rotatable bonds is 4. The van der Waals surface area contributed by atoms with Gasteiger partial charge in [-0.15, -0.1) is 0 Å². The average Bonchev–Trinajstić information content (AvgIpc) is 3.25. The van der Waals surface area contributed by atoms with E-state index in [1.807, 2.05) is 6.92 Å². The molecule has 1 saturated heterocycles. The van der Waals surface area contributed by atoms with Gasteiger partial charge in [0.2, 0.25) is 5.91 Å². The molecule has 1 unspecified atom stereocenters. The summed E-state index contributed by atoms with van der Waals surface area (Å²) in [5.74, 6) is -0.0669. The summed E-state index contributed by atoms with van der Waals surface area (Å²) in [6, 6.07) is 8.30. The Morgan fingerprint density at radius 3 is 2.81 bits per heavy atom. The molecule has 0 spiro atoms. The van der Waals surface area contributed by atoms with Gasteiger partial charge in [-0.05, 0) is 43.7 Å². The van der Waals surface area contributed by atoms with E-state index in [1.54, 1.807) is 30.3 Å². The number of phenols is 1. The van der Waals surface area contributed by atoms with Gasteiger partial charge in [0.15, 0.2) is 5.65 Å². The van der Waals surface area contributed by atoms with Crippen LogP contribution in [-0.4, -0.2) is 44.7 Å². The van der Waals surface area contributed by atoms with E-state index in [1.165, 1.54) is 0 Å². The molecule has 4 N–H and O–H groups in total. The topological polar surface area (TPSA) is 120 Å². The zero-order valence-corrected chi connectivity index (χ0v) is 14.7. The lowest BCUT2D eigenvalue weighted by molar-refractivity contribution is -0.119. The van der Waals surface area contributed by atoms with Gasteiger partial charge in [-0.3, -0.25) is 14.7 Å². The van der Waals surface area contributed by atoms with Crippen LogP contribution in [0.25, 0.3) is 22.3 Å². The second kappa shape index (κ2) is 6.71. The molecule has 8 heteroatoms. The highest BCUT2D eigenvalue weighted by Gasteiger charge is 2.23. The van der Waals surface area contributed by atoms with Gasteiger partial charge in [-0.1, -0.05) is 0 Å². The quantitative estimate of drug-likeness (QED) is 0.560. The maximum atomic E-state index is 12.9. The number of pyridine rings is 1. The second-order valence-electron chi connectivity index (χ2n) is 6.65. The largest absolute Gasteiger partial charge is 0.508 e. The summed E-state index contributed by atoms with van der Waals surface area (Å²) in [7, 11) is 0. The van der Waals surface area contributed by atoms with Gasteiger partial charge < -0.3 is 15.7 Å². The molecule has 0 aliphatic carbocycles. The average molecular weight is 365 g/mol. The number of aromatic amines is 1. The Morgan fingerprint density at radius 2 is 2.11 bits per heavy atom. The molecule has 1 atom stereocenters. The highest BCUT2D eigenvalue weighted by Crippen LogP contribution is 2.26. The van der Waals surface area contributed by atoms with Crippen molar-refractivity contribution < 1.29 is 14.7 Å². The molecule has 1 fully saturated rings. The summed E-state index contributed by atoms with van der Waals surface area (Å²) in [4.78, 5) is 28.7. The molecule has 2 aromatic heterocycles. The van der Waals surface area contributed by atoms with Crippen LogP contribution < -0.4 is 10.6 Å². The highest BCUT2D eigenvalue weighted by atomic mass is 16.3. The molecular weight excluding hydrogens is 346 g/mol. The van der Waals surface area contributed by atoms with E-state index in [0.717, 1.165) is 5.56 Å². The predicted octanol–water partition coefficient (Wildman–Crippen LogP) is 1.65. The maximum Gasteiger partial charge on any atom is 0.252 e. The van der Waals surface area contributed by atoms with Crippen LogP contribution in [0.2, 0.25) is 0 Å². The van der Waals surface area contributed by atoms with E-state index in [9.17, 15) is 14.7 Å². The Bertz CT molecular complexity index is 1030. The maximum absolute atomic E-state index is 12.9. The van der Waals surface area contributed by atoms with E-state index >= 15 is 0 Å². The molecule has 27 heavy (non-hydrogen) atoms. The van der Waals surface area contributed by atoms with E-state index in [0.29, 0.717) is 47.4 Å². The van der Waals surface area contributed by atoms with Gasteiger partial charge >= 0.3 is 0 Å². The molecule has 3 heterocycles. The number of nitrogens with zero attached hydrogens (tertiary/aromatic N) is 2. The van der Waals surface area contributed by atoms with E-state index < -0.39 is 0 Å². The SMILES string of the molecule is Cc1n[nH]c2nc(-c3ccc(O)cc3)cc(C(=O)NCC3CCC(=O)N3)c12. The van der Waals surface area contributed by atoms with Gasteiger partial charge in [0.25, 0.3) is 5.91 Å². The third-order valence-corrected chi connectivity index (χ3v) is 4.71. The Kier molecular flexibility index (Phi) is 4.23. The van der Waals surface area contributed by atoms with Crippen molar-refractivity contribution >= 4 is 22.8 Å². The van der Waals surface area contributed by atoms with E-state index in [4.69, 9.17) is 0 Å². The van der Waals surface area contributed by atoms with Gasteiger partial charge in [-0.2, -0.15) is 5.10 Å². The number of nitrogens with one attached hydrogen (secondary N) is 3. The van der Waals surface area contributed by atoms with Crippen LogP contribution in [0.1, 0.15) is 28.9 Å². The first-order chi connectivity index (χ1) is 13.0. The van der Waals surface area contributed by atoms with Crippen LogP contribution in [0.5, 0.6) is 5.75 Å². The molecule has 1 aromatic carbocycles. The number of benzene rings is 1. The van der Waals surface area contributed by atoms with Gasteiger partial charge in [0.1, 0.15) is 5.75 Å². The molecule has 3 aromatic rings. The number of carbonyl (C=O) groups excluding carboxylic acids is 2. The summed E-state index contributed by atoms with van der Waals surface area (Å²) >= 11 is 0. The molecule has 1 aliphatic heterocycles. The number of phenolic OH excluding ortho intramolecular Hbond substituents is 1. The first kappa shape index (κ1) is 17.0. The molecule has 2 amide bonds. The molecule has 0 saturated carbocycles. The van der Waals surface area contributed by atoms with Gasteiger partial charge in [0.05, 0.1) is 22.3 Å². The normalized spacial score (nSPS) is 16.5. The van der Waals surface area contributed by atoms with Crippen molar-refractivity contribution in [2.45, 2.75) is 25.8 Å². The standard InChI is InChI=1S/C19H19N5O3/c1-10-17-14(19(27)20-9-12-4-7-16(26)21-12)8-15(22-18(17)24-23-10)11-2-5-13(25)6-3-11/h2-3,5-6,8,12,25H,4,7,9H2,1H3,(H,20,27)(H,21,26)(H,22,23,24). The van der Waals surface area contributed by atoms with Crippen molar-refractivity contribution in [1.29, 1.82) is 0 Å². The smallest absolute Gasteiger partial charge is 0.252 e. The number of aromatic nitrogens is 3. The number of aromatic hydroxyl groups is 1. The molecule has 0 bridgehead atoms. The third kappa shape index (κ3) is 3.33. The minimum Gasteiger partial charge on any atom is -0.508 e. The summed E-state index contributed by atoms with van der Waals surface area (Å²) in [5.41, 5.74) is 3.06. The van der Waals surface area contributed by atoms with E-state index in [-0.39, 0.29) is 23.6 Å². The number of fused-ring (bicyclic) bond motifs is 1. The first-order valence-electron chi connectivity index (χ1n) is 8.74. The summed E-state index contributed by atoms with van der Waals surface area (Å²) < 4.78 is 0. The number of hydrogen-bond donors (Lipinski definition) is 4. The minimum atomic E-state index is -0.243. The predicted molar refractivity (Wildman–Crippen MR) is 99.2 cm³/mol. The van der Waals surface area contributed by atoms with Gasteiger partial charge in [-0.25, -0.2) is 4.98 Å². The highest BCUT2D eigenvalue weighted by molar-refractivity contribution is 6.07. The van der Waals surface area contributed by atoms with Gasteiger partial charge in [0, 0.05) is 24.6 Å². The lowest BCUT2D eigenvalue weighted by atomic mass is 10.0. The summed E-state index contributed by atoms with van der Waals surface area (Å²) in [5, 5.41) is 22.9. The fraction of sp³-hybridized carbons (Fsp3) is 0.263. The number of hydrogen-bond acceptors (Lipinski definition) is 5. The van der Waals surface area contributed by atoms with Crippen LogP contribution in [-0.2, 0) is 4.79 Å². The molecule has 4 rings (SSSR count). The molecule has 0 radical (unpaired) electrons. The number of aryl methyl sites for hydroxylation is 1. The Hall–Kier alpha value is -3.42. The monoisotopic (exact) mass is 365 g/mol. The fourth-order valence-corrected chi connectivity index (χ4v) is 3.29. The zero-order chi connectivity index (χ0) is 19.0. The Labute approximate surface area is 155 Å². The van der Waals surface area contributed by atoms with Crippen molar-refractivity contribution in [2.75, 3.05) is 6.54 Å². The van der Waals surface area contributed by atoms with Crippen LogP contribution >= 0.6 is 0 Å². The minimum absolute atomic E-state index is 0.0147. The first-order valence-corrected chi connectivity index (χ1v) is 8.74. The molecule has 138 valence electrons. The van der Waals surface area contributed by atoms with Crippen LogP contribution in [0, 0.1) is 6.92 Å². The van der Waals surface area contributed by atoms with Crippen molar-refractivity contribution in [3.8, 4) is 17.0 Å². The zero-order valence-electron chi connectivity index (χ0n) is 14.7. The summed E-state index contributed by atoms with van der Waals surface area (Å²) in [6.45, 7) is 2.19. The molecule has 8 nitrogen and oxygen atoms in total. The summed E-state index contributed by atoms with van der Waals surface area (Å²) in [6.07, 6.45) is 1.21. The van der Waals surface area contributed by atoms with Crippen LogP contribution in [0.15, 0.2) is 30.3 Å². The number of H-pyrrole nitrogens is 1. The second-order valence-corrected chi connectivity index (χ2v) is 6.65. The van der Waals surface area contributed by atoms with Crippen LogP contribution in [0.4, 0.5) is 0 Å². The lowest BCUT2D eigenvalue weighted by Gasteiger charge is -2.12. The van der Waals surface area contributed by atoms with Crippen molar-refractivity contribution in [1.82, 2.24) is 25.8 Å². The van der Waals surface area contributed by atoms with Crippen molar-refractivity contribution in [3.63, 3.8) is 0 Å². The lowest BCUT2D eigenvalue weighted by Crippen LogP contribution is -2.38. The Balaban J connectivity index is 1.67. The van der Waals surface area contributed by atoms with Crippen LogP contribution in [0.3, 0.4) is 0 Å². The number of amides is 2. The fourth-order valence-electron chi connectivity index (χ4n) is 3.29. The molecular formula is C19H19N5O3.